The summed E-state index contributed by atoms with van der Waals surface area (Å²) in [6.07, 6.45) is 0. The first kappa shape index (κ1) is 14.0. The fraction of sp³-hybridized carbons (Fsp3) is 0.125. The summed E-state index contributed by atoms with van der Waals surface area (Å²) in [5.41, 5.74) is 0.265. The molecule has 2 aromatic carbocycles. The van der Waals surface area contributed by atoms with Gasteiger partial charge in [-0.3, -0.25) is 0 Å². The maximum Gasteiger partial charge on any atom is 0.148 e. The first-order valence-electron chi connectivity index (χ1n) is 5.75. The van der Waals surface area contributed by atoms with Gasteiger partial charge in [-0.25, -0.2) is 0 Å². The van der Waals surface area contributed by atoms with E-state index in [9.17, 15) is 5.11 Å². The van der Waals surface area contributed by atoms with Crippen LogP contribution in [0.4, 0.5) is 0 Å². The van der Waals surface area contributed by atoms with E-state index in [0.717, 1.165) is 5.56 Å². The standard InChI is InChI=1S/C16H12Cl2O/c1-16(19,13-5-3-2-4-6-13)10-9-12-7-8-14(17)15(18)11-12/h2-8,11,19H,1H3. The molecular formula is C16H12Cl2O. The summed E-state index contributed by atoms with van der Waals surface area (Å²) in [6, 6.07) is 14.4. The molecule has 0 bridgehead atoms. The van der Waals surface area contributed by atoms with Gasteiger partial charge in [-0.2, -0.15) is 0 Å². The molecule has 0 aromatic heterocycles. The Hall–Kier alpha value is -1.46. The van der Waals surface area contributed by atoms with Crippen molar-refractivity contribution < 1.29 is 5.11 Å². The molecule has 0 aliphatic carbocycles. The Morgan fingerprint density at radius 3 is 2.32 bits per heavy atom. The summed E-state index contributed by atoms with van der Waals surface area (Å²) >= 11 is 11.8. The van der Waals surface area contributed by atoms with Crippen molar-refractivity contribution in [1.82, 2.24) is 0 Å². The van der Waals surface area contributed by atoms with Gasteiger partial charge in [-0.05, 0) is 30.7 Å². The molecule has 3 heteroatoms. The minimum Gasteiger partial charge on any atom is -0.374 e. The van der Waals surface area contributed by atoms with Crippen molar-refractivity contribution in [3.8, 4) is 11.8 Å². The summed E-state index contributed by atoms with van der Waals surface area (Å²) in [6.45, 7) is 1.66. The highest BCUT2D eigenvalue weighted by Gasteiger charge is 2.19. The molecule has 0 saturated heterocycles. The van der Waals surface area contributed by atoms with E-state index in [1.807, 2.05) is 30.3 Å². The third-order valence-corrected chi connectivity index (χ3v) is 3.44. The summed E-state index contributed by atoms with van der Waals surface area (Å²) in [7, 11) is 0. The van der Waals surface area contributed by atoms with Crippen LogP contribution in [0.25, 0.3) is 0 Å². The fourth-order valence-electron chi connectivity index (χ4n) is 1.60. The molecule has 2 aromatic rings. The van der Waals surface area contributed by atoms with Crippen LogP contribution in [0.15, 0.2) is 48.5 Å². The Bertz CT molecular complexity index is 637. The zero-order chi connectivity index (χ0) is 13.9. The van der Waals surface area contributed by atoms with E-state index < -0.39 is 5.60 Å². The van der Waals surface area contributed by atoms with Crippen LogP contribution >= 0.6 is 23.2 Å². The fourth-order valence-corrected chi connectivity index (χ4v) is 1.90. The van der Waals surface area contributed by atoms with Gasteiger partial charge in [-0.15, -0.1) is 0 Å². The Kier molecular flexibility index (Phi) is 4.17. The van der Waals surface area contributed by atoms with Crippen LogP contribution in [-0.2, 0) is 5.60 Å². The van der Waals surface area contributed by atoms with Crippen LogP contribution in [0.3, 0.4) is 0 Å². The van der Waals surface area contributed by atoms with Gasteiger partial charge in [0.1, 0.15) is 5.60 Å². The molecule has 0 aliphatic heterocycles. The van der Waals surface area contributed by atoms with Crippen LogP contribution < -0.4 is 0 Å². The molecule has 0 spiro atoms. The minimum atomic E-state index is -1.20. The van der Waals surface area contributed by atoms with Crippen LogP contribution in [0.1, 0.15) is 18.1 Å². The predicted octanol–water partition coefficient (Wildman–Crippen LogP) is 4.25. The van der Waals surface area contributed by atoms with E-state index in [4.69, 9.17) is 23.2 Å². The molecule has 1 unspecified atom stereocenters. The van der Waals surface area contributed by atoms with Crippen LogP contribution in [-0.4, -0.2) is 5.11 Å². The largest absolute Gasteiger partial charge is 0.374 e. The summed E-state index contributed by atoms with van der Waals surface area (Å²) in [5.74, 6) is 5.75. The summed E-state index contributed by atoms with van der Waals surface area (Å²) in [4.78, 5) is 0. The second-order valence-electron chi connectivity index (χ2n) is 4.32. The predicted molar refractivity (Wildman–Crippen MR) is 79.4 cm³/mol. The molecule has 96 valence electrons. The molecular weight excluding hydrogens is 279 g/mol. The van der Waals surface area contributed by atoms with Crippen molar-refractivity contribution in [2.24, 2.45) is 0 Å². The quantitative estimate of drug-likeness (QED) is 0.779. The van der Waals surface area contributed by atoms with Gasteiger partial charge >= 0.3 is 0 Å². The van der Waals surface area contributed by atoms with Gasteiger partial charge in [-0.1, -0.05) is 65.4 Å². The zero-order valence-electron chi connectivity index (χ0n) is 10.3. The molecule has 1 atom stereocenters. The normalized spacial score (nSPS) is 13.3. The van der Waals surface area contributed by atoms with Gasteiger partial charge in [0.2, 0.25) is 0 Å². The number of rotatable bonds is 1. The van der Waals surface area contributed by atoms with Crippen molar-refractivity contribution in [3.05, 3.63) is 69.7 Å². The molecule has 2 rings (SSSR count). The number of aliphatic hydroxyl groups is 1. The van der Waals surface area contributed by atoms with Crippen molar-refractivity contribution in [1.29, 1.82) is 0 Å². The van der Waals surface area contributed by atoms with Crippen LogP contribution in [0, 0.1) is 11.8 Å². The molecule has 0 saturated carbocycles. The lowest BCUT2D eigenvalue weighted by molar-refractivity contribution is 0.122. The smallest absolute Gasteiger partial charge is 0.148 e. The molecule has 0 aliphatic rings. The van der Waals surface area contributed by atoms with Gasteiger partial charge in [0.05, 0.1) is 10.0 Å². The Morgan fingerprint density at radius 1 is 1.00 bits per heavy atom. The lowest BCUT2D eigenvalue weighted by atomic mass is 9.96. The maximum atomic E-state index is 10.3. The van der Waals surface area contributed by atoms with E-state index in [-0.39, 0.29) is 0 Å². The second-order valence-corrected chi connectivity index (χ2v) is 5.13. The van der Waals surface area contributed by atoms with E-state index in [2.05, 4.69) is 11.8 Å². The number of hydrogen-bond acceptors (Lipinski definition) is 1. The average molecular weight is 291 g/mol. The van der Waals surface area contributed by atoms with Crippen molar-refractivity contribution in [3.63, 3.8) is 0 Å². The van der Waals surface area contributed by atoms with Gasteiger partial charge in [0.25, 0.3) is 0 Å². The topological polar surface area (TPSA) is 20.2 Å². The van der Waals surface area contributed by atoms with Crippen molar-refractivity contribution in [2.75, 3.05) is 0 Å². The van der Waals surface area contributed by atoms with Crippen LogP contribution in [0.5, 0.6) is 0 Å². The maximum absolute atomic E-state index is 10.3. The van der Waals surface area contributed by atoms with Crippen molar-refractivity contribution >= 4 is 23.2 Å². The van der Waals surface area contributed by atoms with Crippen LogP contribution in [0.2, 0.25) is 10.0 Å². The highest BCUT2D eigenvalue weighted by atomic mass is 35.5. The Morgan fingerprint density at radius 2 is 1.68 bits per heavy atom. The van der Waals surface area contributed by atoms with E-state index in [1.165, 1.54) is 0 Å². The van der Waals surface area contributed by atoms with E-state index in [1.54, 1.807) is 25.1 Å². The molecule has 1 nitrogen and oxygen atoms in total. The van der Waals surface area contributed by atoms with Gasteiger partial charge in [0, 0.05) is 5.56 Å². The first-order valence-corrected chi connectivity index (χ1v) is 6.51. The van der Waals surface area contributed by atoms with Gasteiger partial charge < -0.3 is 5.11 Å². The Labute approximate surface area is 122 Å². The minimum absolute atomic E-state index is 0.452. The van der Waals surface area contributed by atoms with E-state index >= 15 is 0 Å². The third-order valence-electron chi connectivity index (χ3n) is 2.71. The highest BCUT2D eigenvalue weighted by molar-refractivity contribution is 6.42. The number of hydrogen-bond donors (Lipinski definition) is 1. The second kappa shape index (κ2) is 5.67. The zero-order valence-corrected chi connectivity index (χ0v) is 11.8. The Balaban J connectivity index is 2.30. The van der Waals surface area contributed by atoms with Gasteiger partial charge in [0.15, 0.2) is 0 Å². The molecule has 0 radical (unpaired) electrons. The van der Waals surface area contributed by atoms with Crippen molar-refractivity contribution in [2.45, 2.75) is 12.5 Å². The first-order chi connectivity index (χ1) is 8.99. The molecule has 0 heterocycles. The third kappa shape index (κ3) is 3.52. The lowest BCUT2D eigenvalue weighted by Crippen LogP contribution is -2.18. The number of halogens is 2. The molecule has 0 amide bonds. The molecule has 19 heavy (non-hydrogen) atoms. The lowest BCUT2D eigenvalue weighted by Gasteiger charge is -2.16. The number of benzene rings is 2. The molecule has 0 fully saturated rings. The molecule has 1 N–H and O–H groups in total. The van der Waals surface area contributed by atoms with E-state index in [0.29, 0.717) is 15.6 Å². The summed E-state index contributed by atoms with van der Waals surface area (Å²) in [5, 5.41) is 11.3. The highest BCUT2D eigenvalue weighted by Crippen LogP contribution is 2.23. The monoisotopic (exact) mass is 290 g/mol. The summed E-state index contributed by atoms with van der Waals surface area (Å²) < 4.78 is 0. The average Bonchev–Trinajstić information content (AvgIpc) is 2.41. The SMILES string of the molecule is CC(O)(C#Cc1ccc(Cl)c(Cl)c1)c1ccccc1.